The fourth-order valence-corrected chi connectivity index (χ4v) is 2.62. The van der Waals surface area contributed by atoms with E-state index in [1.54, 1.807) is 0 Å². The molecule has 1 N–H and O–H groups in total. The lowest BCUT2D eigenvalue weighted by atomic mass is 10.2. The Morgan fingerprint density at radius 2 is 2.07 bits per heavy atom. The Balaban J connectivity index is 2.85. The number of fused-ring (bicyclic) bond motifs is 1. The number of hydrogen-bond donors (Lipinski definition) is 1. The number of thiophene rings is 1. The summed E-state index contributed by atoms with van der Waals surface area (Å²) in [7, 11) is 0. The summed E-state index contributed by atoms with van der Waals surface area (Å²) in [5.74, 6) is 0.303. The Morgan fingerprint density at radius 1 is 1.40 bits per heavy atom. The molecule has 2 aromatic heterocycles. The van der Waals surface area contributed by atoms with Gasteiger partial charge in [0, 0.05) is 4.88 Å². The molecule has 2 heterocycles. The summed E-state index contributed by atoms with van der Waals surface area (Å²) >= 11 is 12.8. The van der Waals surface area contributed by atoms with Gasteiger partial charge in [-0.15, -0.1) is 11.3 Å². The largest absolute Gasteiger partial charge is 0.308 e. The van der Waals surface area contributed by atoms with Crippen LogP contribution in [0.15, 0.2) is 4.79 Å². The topological polar surface area (TPSA) is 45.8 Å². The van der Waals surface area contributed by atoms with E-state index in [1.807, 2.05) is 13.8 Å². The van der Waals surface area contributed by atoms with Gasteiger partial charge in [0.15, 0.2) is 4.84 Å². The molecule has 0 saturated heterocycles. The van der Waals surface area contributed by atoms with Crippen molar-refractivity contribution in [1.29, 1.82) is 0 Å². The van der Waals surface area contributed by atoms with E-state index < -0.39 is 4.84 Å². The molecule has 0 spiro atoms. The summed E-state index contributed by atoms with van der Waals surface area (Å²) in [6, 6.07) is 0. The molecular formula is C9H8Cl2N2OS. The highest BCUT2D eigenvalue weighted by Gasteiger charge is 2.14. The molecular weight excluding hydrogens is 255 g/mol. The first kappa shape index (κ1) is 10.9. The molecule has 6 heteroatoms. The number of nitrogens with one attached hydrogen (secondary N) is 1. The number of aromatic amines is 1. The van der Waals surface area contributed by atoms with Gasteiger partial charge in [-0.05, 0) is 19.4 Å². The molecule has 0 amide bonds. The number of nitrogens with zero attached hydrogens (tertiary/aromatic N) is 1. The Hall–Kier alpha value is -0.580. The summed E-state index contributed by atoms with van der Waals surface area (Å²) in [6.07, 6.45) is 0. The van der Waals surface area contributed by atoms with Crippen molar-refractivity contribution in [2.75, 3.05) is 0 Å². The second kappa shape index (κ2) is 3.77. The lowest BCUT2D eigenvalue weighted by Crippen LogP contribution is -2.11. The molecule has 0 aliphatic heterocycles. The monoisotopic (exact) mass is 262 g/mol. The number of aromatic nitrogens is 2. The second-order valence-corrected chi connectivity index (χ2v) is 5.51. The van der Waals surface area contributed by atoms with Crippen molar-refractivity contribution < 1.29 is 0 Å². The Labute approximate surface area is 100 Å². The first-order chi connectivity index (χ1) is 7.00. The lowest BCUT2D eigenvalue weighted by Gasteiger charge is -1.99. The third-order valence-electron chi connectivity index (χ3n) is 2.26. The molecule has 2 aromatic rings. The summed E-state index contributed by atoms with van der Waals surface area (Å²) in [5.41, 5.74) is 0.791. The number of H-pyrrole nitrogens is 1. The smallest absolute Gasteiger partial charge is 0.260 e. The Kier molecular flexibility index (Phi) is 2.75. The minimum Gasteiger partial charge on any atom is -0.308 e. The van der Waals surface area contributed by atoms with Crippen molar-refractivity contribution in [1.82, 2.24) is 9.97 Å². The van der Waals surface area contributed by atoms with Crippen molar-refractivity contribution in [3.8, 4) is 0 Å². The van der Waals surface area contributed by atoms with Gasteiger partial charge in [0.05, 0.1) is 5.39 Å². The highest BCUT2D eigenvalue weighted by Crippen LogP contribution is 2.28. The SMILES string of the molecule is Cc1sc2nc(C(Cl)Cl)[nH]c(=O)c2c1C. The first-order valence-corrected chi connectivity index (χ1v) is 5.97. The standard InChI is InChI=1S/C9H8Cl2N2OS/c1-3-4(2)15-9-5(3)8(14)12-7(13-9)6(10)11/h6H,1-2H3,(H,12,13,14). The average Bonchev–Trinajstić information content (AvgIpc) is 2.42. The summed E-state index contributed by atoms with van der Waals surface area (Å²) < 4.78 is 0. The number of halogens is 2. The minimum absolute atomic E-state index is 0.178. The van der Waals surface area contributed by atoms with Gasteiger partial charge in [0.2, 0.25) is 0 Å². The zero-order valence-electron chi connectivity index (χ0n) is 8.10. The quantitative estimate of drug-likeness (QED) is 0.803. The van der Waals surface area contributed by atoms with E-state index in [0.717, 1.165) is 10.4 Å². The van der Waals surface area contributed by atoms with Gasteiger partial charge >= 0.3 is 0 Å². The van der Waals surface area contributed by atoms with E-state index in [1.165, 1.54) is 11.3 Å². The predicted molar refractivity (Wildman–Crippen MR) is 64.2 cm³/mol. The fraction of sp³-hybridized carbons (Fsp3) is 0.333. The molecule has 0 saturated carbocycles. The van der Waals surface area contributed by atoms with Crippen LogP contribution in [0.1, 0.15) is 21.1 Å². The molecule has 15 heavy (non-hydrogen) atoms. The van der Waals surface area contributed by atoms with Crippen LogP contribution in [0.5, 0.6) is 0 Å². The van der Waals surface area contributed by atoms with Gasteiger partial charge in [-0.25, -0.2) is 4.98 Å². The van der Waals surface area contributed by atoms with Crippen LogP contribution in [0.3, 0.4) is 0 Å². The molecule has 0 atom stereocenters. The third kappa shape index (κ3) is 1.77. The number of alkyl halides is 2. The zero-order chi connectivity index (χ0) is 11.2. The van der Waals surface area contributed by atoms with Crippen molar-refractivity contribution in [3.63, 3.8) is 0 Å². The summed E-state index contributed by atoms with van der Waals surface area (Å²) in [6.45, 7) is 3.86. The normalized spacial score (nSPS) is 11.5. The number of aryl methyl sites for hydroxylation is 2. The van der Waals surface area contributed by atoms with Gasteiger partial charge in [0.1, 0.15) is 10.7 Å². The van der Waals surface area contributed by atoms with Crippen molar-refractivity contribution >= 4 is 44.8 Å². The number of hydrogen-bond acceptors (Lipinski definition) is 3. The molecule has 0 bridgehead atoms. The van der Waals surface area contributed by atoms with Gasteiger partial charge in [-0.2, -0.15) is 0 Å². The van der Waals surface area contributed by atoms with Crippen molar-refractivity contribution in [2.24, 2.45) is 0 Å². The fourth-order valence-electron chi connectivity index (χ4n) is 1.37. The maximum absolute atomic E-state index is 11.7. The van der Waals surface area contributed by atoms with Gasteiger partial charge in [0.25, 0.3) is 5.56 Å². The minimum atomic E-state index is -0.801. The van der Waals surface area contributed by atoms with Crippen LogP contribution in [-0.4, -0.2) is 9.97 Å². The maximum Gasteiger partial charge on any atom is 0.260 e. The Morgan fingerprint density at radius 3 is 2.67 bits per heavy atom. The first-order valence-electron chi connectivity index (χ1n) is 4.28. The number of rotatable bonds is 1. The molecule has 0 fully saturated rings. The highest BCUT2D eigenvalue weighted by atomic mass is 35.5. The predicted octanol–water partition coefficient (Wildman–Crippen LogP) is 3.08. The van der Waals surface area contributed by atoms with Gasteiger partial charge in [-0.3, -0.25) is 4.79 Å². The lowest BCUT2D eigenvalue weighted by molar-refractivity contribution is 1.02. The van der Waals surface area contributed by atoms with Crippen LogP contribution in [0.2, 0.25) is 0 Å². The summed E-state index contributed by atoms with van der Waals surface area (Å²) in [4.78, 5) is 19.5. The van der Waals surface area contributed by atoms with Crippen LogP contribution >= 0.6 is 34.5 Å². The molecule has 0 aliphatic rings. The van der Waals surface area contributed by atoms with Crippen molar-refractivity contribution in [2.45, 2.75) is 18.7 Å². The zero-order valence-corrected chi connectivity index (χ0v) is 10.4. The van der Waals surface area contributed by atoms with E-state index in [0.29, 0.717) is 16.0 Å². The third-order valence-corrected chi connectivity index (χ3v) is 3.78. The molecule has 0 unspecified atom stereocenters. The van der Waals surface area contributed by atoms with Crippen LogP contribution in [-0.2, 0) is 0 Å². The molecule has 0 radical (unpaired) electrons. The molecule has 3 nitrogen and oxygen atoms in total. The maximum atomic E-state index is 11.7. The van der Waals surface area contributed by atoms with Crippen LogP contribution in [0.4, 0.5) is 0 Å². The second-order valence-electron chi connectivity index (χ2n) is 3.22. The molecule has 80 valence electrons. The van der Waals surface area contributed by atoms with E-state index in [-0.39, 0.29) is 5.56 Å². The van der Waals surface area contributed by atoms with E-state index in [9.17, 15) is 4.79 Å². The van der Waals surface area contributed by atoms with Gasteiger partial charge < -0.3 is 4.98 Å². The van der Waals surface area contributed by atoms with E-state index in [4.69, 9.17) is 23.2 Å². The molecule has 0 aliphatic carbocycles. The highest BCUT2D eigenvalue weighted by molar-refractivity contribution is 7.18. The van der Waals surface area contributed by atoms with Crippen LogP contribution in [0, 0.1) is 13.8 Å². The van der Waals surface area contributed by atoms with E-state index >= 15 is 0 Å². The average molecular weight is 263 g/mol. The van der Waals surface area contributed by atoms with Crippen LogP contribution < -0.4 is 5.56 Å². The van der Waals surface area contributed by atoms with Crippen LogP contribution in [0.25, 0.3) is 10.2 Å². The van der Waals surface area contributed by atoms with Crippen molar-refractivity contribution in [3.05, 3.63) is 26.6 Å². The summed E-state index contributed by atoms with van der Waals surface area (Å²) in [5, 5.41) is 0.634. The molecule has 0 aromatic carbocycles. The van der Waals surface area contributed by atoms with E-state index in [2.05, 4.69) is 9.97 Å². The Bertz CT molecular complexity index is 573. The van der Waals surface area contributed by atoms with Gasteiger partial charge in [-0.1, -0.05) is 23.2 Å². The molecule has 2 rings (SSSR count).